The van der Waals surface area contributed by atoms with Gasteiger partial charge in [-0.25, -0.2) is 4.57 Å². The van der Waals surface area contributed by atoms with Gasteiger partial charge in [-0.05, 0) is 70.6 Å². The second kappa shape index (κ2) is 44.2. The van der Waals surface area contributed by atoms with Crippen molar-refractivity contribution in [3.8, 4) is 0 Å². The maximum absolute atomic E-state index is 12.6. The summed E-state index contributed by atoms with van der Waals surface area (Å²) in [6.07, 6.45) is 52.3. The number of phosphoric ester groups is 1. The Morgan fingerprint density at radius 2 is 1.12 bits per heavy atom. The minimum absolute atomic E-state index is 0.0132. The molecular weight excluding hydrogens is 778 g/mol. The van der Waals surface area contributed by atoms with Crippen LogP contribution >= 0.6 is 7.82 Å². The Bertz CT molecular complexity index is 1270. The molecular formula is C49H84NO9P. The van der Waals surface area contributed by atoms with E-state index >= 15 is 0 Å². The largest absolute Gasteiger partial charge is 0.472 e. The predicted molar refractivity (Wildman–Crippen MR) is 248 cm³/mol. The summed E-state index contributed by atoms with van der Waals surface area (Å²) in [5, 5.41) is 10.3. The summed E-state index contributed by atoms with van der Waals surface area (Å²) >= 11 is 0. The number of carbonyl (C=O) groups is 2. The third-order valence-electron chi connectivity index (χ3n) is 9.38. The molecule has 0 aromatic heterocycles. The van der Waals surface area contributed by atoms with E-state index in [4.69, 9.17) is 24.3 Å². The number of phosphoric acid groups is 1. The molecule has 0 aliphatic rings. The van der Waals surface area contributed by atoms with Crippen LogP contribution in [0.2, 0.25) is 0 Å². The molecule has 0 aromatic carbocycles. The molecule has 0 radical (unpaired) electrons. The lowest BCUT2D eigenvalue weighted by atomic mass is 10.1. The molecule has 0 amide bonds. The zero-order valence-corrected chi connectivity index (χ0v) is 38.4. The molecule has 10 nitrogen and oxygen atoms in total. The first-order valence-corrected chi connectivity index (χ1v) is 24.7. The van der Waals surface area contributed by atoms with Crippen molar-refractivity contribution in [3.05, 3.63) is 85.1 Å². The van der Waals surface area contributed by atoms with Crippen LogP contribution in [0.5, 0.6) is 0 Å². The van der Waals surface area contributed by atoms with Crippen LogP contribution in [-0.4, -0.2) is 60.5 Å². The smallest absolute Gasteiger partial charge is 0.462 e. The fourth-order valence-electron chi connectivity index (χ4n) is 5.91. The summed E-state index contributed by atoms with van der Waals surface area (Å²) in [5.41, 5.74) is 5.34. The summed E-state index contributed by atoms with van der Waals surface area (Å²) in [5.74, 6) is -1.12. The molecule has 0 spiro atoms. The molecule has 0 aliphatic heterocycles. The van der Waals surface area contributed by atoms with Gasteiger partial charge in [0.1, 0.15) is 6.61 Å². The number of unbranched alkanes of at least 4 members (excludes halogenated alkanes) is 15. The molecule has 0 saturated heterocycles. The predicted octanol–water partition coefficient (Wildman–Crippen LogP) is 12.6. The van der Waals surface area contributed by atoms with Crippen LogP contribution in [0.4, 0.5) is 0 Å². The first-order valence-electron chi connectivity index (χ1n) is 23.2. The number of aliphatic hydroxyl groups is 1. The Balaban J connectivity index is 4.35. The lowest BCUT2D eigenvalue weighted by Crippen LogP contribution is -2.30. The second-order valence-corrected chi connectivity index (χ2v) is 16.5. The number of carbonyl (C=O) groups excluding carboxylic acids is 2. The Hall–Kier alpha value is -2.85. The van der Waals surface area contributed by atoms with Gasteiger partial charge in [-0.2, -0.15) is 0 Å². The first kappa shape index (κ1) is 57.1. The summed E-state index contributed by atoms with van der Waals surface area (Å²) < 4.78 is 32.6. The highest BCUT2D eigenvalue weighted by Crippen LogP contribution is 2.43. The summed E-state index contributed by atoms with van der Waals surface area (Å²) in [4.78, 5) is 35.0. The van der Waals surface area contributed by atoms with Gasteiger partial charge in [-0.3, -0.25) is 18.6 Å². The second-order valence-electron chi connectivity index (χ2n) is 15.1. The topological polar surface area (TPSA) is 155 Å². The van der Waals surface area contributed by atoms with Crippen LogP contribution in [0.15, 0.2) is 85.1 Å². The lowest BCUT2D eigenvalue weighted by Gasteiger charge is -2.20. The van der Waals surface area contributed by atoms with Gasteiger partial charge >= 0.3 is 19.8 Å². The van der Waals surface area contributed by atoms with Crippen molar-refractivity contribution in [2.45, 2.75) is 187 Å². The average Bonchev–Trinajstić information content (AvgIpc) is 3.23. The Morgan fingerprint density at radius 1 is 0.600 bits per heavy atom. The van der Waals surface area contributed by atoms with E-state index in [0.717, 1.165) is 51.4 Å². The average molecular weight is 862 g/mol. The first-order chi connectivity index (χ1) is 29.2. The van der Waals surface area contributed by atoms with Gasteiger partial charge in [0.2, 0.25) is 0 Å². The van der Waals surface area contributed by atoms with Gasteiger partial charge in [-0.15, -0.1) is 0 Å². The third-order valence-corrected chi connectivity index (χ3v) is 10.4. The number of hydrogen-bond acceptors (Lipinski definition) is 9. The van der Waals surface area contributed by atoms with E-state index < -0.39 is 38.6 Å². The molecule has 0 aromatic rings. The van der Waals surface area contributed by atoms with E-state index in [0.29, 0.717) is 6.42 Å². The maximum atomic E-state index is 12.6. The molecule has 4 N–H and O–H groups in total. The highest BCUT2D eigenvalue weighted by atomic mass is 31.2. The minimum atomic E-state index is -4.45. The SMILES string of the molecule is CC/C=C\C/C=C\C/C=C\C/C=C\C/C=C\C=C/C(O)CCC(=O)O[C@H](COC(=O)CCCCCCCCCCC/C=C\CCCCCCCC)COP(=O)(O)OCCN. The van der Waals surface area contributed by atoms with Crippen LogP contribution < -0.4 is 5.73 Å². The molecule has 0 aliphatic carbocycles. The van der Waals surface area contributed by atoms with E-state index in [-0.39, 0.29) is 39.0 Å². The quantitative estimate of drug-likeness (QED) is 0.0178. The number of allylic oxidation sites excluding steroid dienone is 13. The van der Waals surface area contributed by atoms with Crippen LogP contribution in [0, 0.1) is 0 Å². The van der Waals surface area contributed by atoms with Crippen molar-refractivity contribution in [1.29, 1.82) is 0 Å². The highest BCUT2D eigenvalue weighted by Gasteiger charge is 2.26. The van der Waals surface area contributed by atoms with E-state index in [9.17, 15) is 24.2 Å². The number of aliphatic hydroxyl groups excluding tert-OH is 1. The third kappa shape index (κ3) is 43.2. The molecule has 0 heterocycles. The molecule has 344 valence electrons. The standard InChI is InChI=1S/C49H84NO9P/c1-3-5-7-9-11-13-15-17-19-21-22-23-25-27-29-31-33-35-37-39-48(52)56-44-47(45-58-60(54,55)57-43-42-50)59-49(53)41-40-46(51)38-36-34-32-30-28-26-24-20-18-16-14-12-10-8-6-4-2/h6,8,12,14,17-20,26,28,32,34,36,38,46-47,51H,3-5,7,9-11,13,15-16,21-25,27,29-31,33,35,37,39-45,50H2,1-2H3,(H,54,55)/b8-6-,14-12-,19-17-,20-18-,28-26-,34-32-,38-36-/t46?,47-/m1/s1. The molecule has 0 bridgehead atoms. The fourth-order valence-corrected chi connectivity index (χ4v) is 6.68. The highest BCUT2D eigenvalue weighted by molar-refractivity contribution is 7.47. The molecule has 0 saturated carbocycles. The Morgan fingerprint density at radius 3 is 1.67 bits per heavy atom. The molecule has 3 atom stereocenters. The van der Waals surface area contributed by atoms with E-state index in [2.05, 4.69) is 74.6 Å². The van der Waals surface area contributed by atoms with Gasteiger partial charge in [0.05, 0.1) is 19.3 Å². The van der Waals surface area contributed by atoms with Crippen molar-refractivity contribution in [3.63, 3.8) is 0 Å². The maximum Gasteiger partial charge on any atom is 0.472 e. The summed E-state index contributed by atoms with van der Waals surface area (Å²) in [7, 11) is -4.45. The van der Waals surface area contributed by atoms with Gasteiger partial charge in [-0.1, -0.05) is 176 Å². The Kier molecular flexibility index (Phi) is 42.1. The van der Waals surface area contributed by atoms with Crippen molar-refractivity contribution < 1.29 is 42.7 Å². The number of esters is 2. The molecule has 2 unspecified atom stereocenters. The van der Waals surface area contributed by atoms with Crippen molar-refractivity contribution in [2.75, 3.05) is 26.4 Å². The van der Waals surface area contributed by atoms with Crippen molar-refractivity contribution in [2.24, 2.45) is 5.73 Å². The number of rotatable bonds is 42. The lowest BCUT2D eigenvalue weighted by molar-refractivity contribution is -0.161. The number of hydrogen-bond donors (Lipinski definition) is 3. The van der Waals surface area contributed by atoms with Gasteiger partial charge in [0.15, 0.2) is 6.10 Å². The van der Waals surface area contributed by atoms with Crippen LogP contribution in [0.25, 0.3) is 0 Å². The molecule has 0 rings (SSSR count). The van der Waals surface area contributed by atoms with Crippen LogP contribution in [0.3, 0.4) is 0 Å². The van der Waals surface area contributed by atoms with Crippen molar-refractivity contribution in [1.82, 2.24) is 0 Å². The fraction of sp³-hybridized carbons (Fsp3) is 0.673. The van der Waals surface area contributed by atoms with Gasteiger partial charge in [0.25, 0.3) is 0 Å². The zero-order valence-electron chi connectivity index (χ0n) is 37.5. The monoisotopic (exact) mass is 862 g/mol. The van der Waals surface area contributed by atoms with Crippen LogP contribution in [0.1, 0.15) is 174 Å². The van der Waals surface area contributed by atoms with E-state index in [1.54, 1.807) is 12.2 Å². The molecule has 0 fully saturated rings. The molecule has 60 heavy (non-hydrogen) atoms. The molecule has 11 heteroatoms. The van der Waals surface area contributed by atoms with Crippen molar-refractivity contribution >= 4 is 19.8 Å². The van der Waals surface area contributed by atoms with Gasteiger partial charge < -0.3 is 25.2 Å². The number of ether oxygens (including phenoxy) is 2. The van der Waals surface area contributed by atoms with E-state index in [1.807, 2.05) is 12.2 Å². The van der Waals surface area contributed by atoms with Gasteiger partial charge in [0, 0.05) is 19.4 Å². The Labute approximate surface area is 365 Å². The summed E-state index contributed by atoms with van der Waals surface area (Å²) in [6.45, 7) is 3.33. The number of nitrogens with two attached hydrogens (primary N) is 1. The minimum Gasteiger partial charge on any atom is -0.462 e. The van der Waals surface area contributed by atoms with E-state index in [1.165, 1.54) is 83.5 Å². The van der Waals surface area contributed by atoms with Crippen LogP contribution in [-0.2, 0) is 32.7 Å². The zero-order chi connectivity index (χ0) is 44.0. The normalized spacial score (nSPS) is 14.6. The summed E-state index contributed by atoms with van der Waals surface area (Å²) in [6, 6.07) is 0.